The lowest BCUT2D eigenvalue weighted by atomic mass is 10.1. The Morgan fingerprint density at radius 3 is 2.75 bits per heavy atom. The molecule has 32 heavy (non-hydrogen) atoms. The average molecular weight is 448 g/mol. The predicted octanol–water partition coefficient (Wildman–Crippen LogP) is 4.50. The summed E-state index contributed by atoms with van der Waals surface area (Å²) in [6.45, 7) is 0.783. The molecule has 1 aromatic carbocycles. The lowest BCUT2D eigenvalue weighted by Gasteiger charge is -2.24. The highest BCUT2D eigenvalue weighted by atomic mass is 32.2. The molecule has 0 N–H and O–H groups in total. The maximum absolute atomic E-state index is 12.5. The standard InChI is InChI=1S/C24H25N5O2S/c30-32(15-17-4-5-17)21-13-19-10-11-28(23(19)25-14-21)20-8-6-18(7-9-20)24-27-26-16-29(24)22-3-1-2-12-31-22/h6-11,13-14,16-17,22H,1-5,12,15H2. The number of benzene rings is 1. The molecule has 1 saturated heterocycles. The Balaban J connectivity index is 1.26. The van der Waals surface area contributed by atoms with Gasteiger partial charge < -0.3 is 9.30 Å². The van der Waals surface area contributed by atoms with Crippen molar-refractivity contribution < 1.29 is 8.95 Å². The Morgan fingerprint density at radius 1 is 1.09 bits per heavy atom. The summed E-state index contributed by atoms with van der Waals surface area (Å²) in [4.78, 5) is 5.46. The van der Waals surface area contributed by atoms with Gasteiger partial charge in [0, 0.05) is 41.4 Å². The third-order valence-electron chi connectivity index (χ3n) is 6.29. The summed E-state index contributed by atoms with van der Waals surface area (Å²) in [5.74, 6) is 2.21. The highest BCUT2D eigenvalue weighted by Gasteiger charge is 2.25. The van der Waals surface area contributed by atoms with Gasteiger partial charge in [-0.15, -0.1) is 10.2 Å². The zero-order chi connectivity index (χ0) is 21.5. The van der Waals surface area contributed by atoms with Crippen molar-refractivity contribution in [2.75, 3.05) is 12.4 Å². The van der Waals surface area contributed by atoms with E-state index in [1.54, 1.807) is 12.5 Å². The number of rotatable bonds is 6. The highest BCUT2D eigenvalue weighted by molar-refractivity contribution is 7.85. The monoisotopic (exact) mass is 447 g/mol. The van der Waals surface area contributed by atoms with Crippen LogP contribution in [0.2, 0.25) is 0 Å². The van der Waals surface area contributed by atoms with Crippen molar-refractivity contribution in [1.82, 2.24) is 24.3 Å². The predicted molar refractivity (Wildman–Crippen MR) is 123 cm³/mol. The van der Waals surface area contributed by atoms with E-state index in [9.17, 15) is 4.21 Å². The van der Waals surface area contributed by atoms with E-state index < -0.39 is 10.8 Å². The van der Waals surface area contributed by atoms with E-state index in [0.29, 0.717) is 5.92 Å². The SMILES string of the molecule is O=S(CC1CC1)c1cnc2c(ccn2-c2ccc(-c3nncn3C3CCCCO3)cc2)c1. The maximum atomic E-state index is 12.5. The molecule has 2 unspecified atom stereocenters. The fraction of sp³-hybridized carbons (Fsp3) is 0.375. The summed E-state index contributed by atoms with van der Waals surface area (Å²) in [5, 5.41) is 9.47. The Labute approximate surface area is 188 Å². The summed E-state index contributed by atoms with van der Waals surface area (Å²) >= 11 is 0. The number of aromatic nitrogens is 5. The Kier molecular flexibility index (Phi) is 5.11. The van der Waals surface area contributed by atoms with Crippen LogP contribution in [0, 0.1) is 5.92 Å². The average Bonchev–Trinajstić information content (AvgIpc) is 3.35. The third-order valence-corrected chi connectivity index (χ3v) is 7.81. The second-order valence-electron chi connectivity index (χ2n) is 8.66. The lowest BCUT2D eigenvalue weighted by molar-refractivity contribution is -0.0311. The van der Waals surface area contributed by atoms with Gasteiger partial charge in [-0.3, -0.25) is 8.78 Å². The minimum atomic E-state index is -0.964. The van der Waals surface area contributed by atoms with Crippen molar-refractivity contribution in [2.45, 2.75) is 43.2 Å². The van der Waals surface area contributed by atoms with Crippen LogP contribution in [0.5, 0.6) is 0 Å². The number of hydrogen-bond donors (Lipinski definition) is 0. The summed E-state index contributed by atoms with van der Waals surface area (Å²) < 4.78 is 22.6. The van der Waals surface area contributed by atoms with E-state index >= 15 is 0 Å². The number of fused-ring (bicyclic) bond motifs is 1. The maximum Gasteiger partial charge on any atom is 0.165 e. The Bertz CT molecular complexity index is 1270. The topological polar surface area (TPSA) is 74.8 Å². The molecule has 4 heterocycles. The molecule has 0 radical (unpaired) electrons. The lowest BCUT2D eigenvalue weighted by Crippen LogP contribution is -2.18. The van der Waals surface area contributed by atoms with Gasteiger partial charge in [0.1, 0.15) is 18.2 Å². The van der Waals surface area contributed by atoms with Crippen LogP contribution in [-0.4, -0.2) is 40.9 Å². The minimum absolute atomic E-state index is 0.00526. The van der Waals surface area contributed by atoms with Crippen LogP contribution in [0.3, 0.4) is 0 Å². The highest BCUT2D eigenvalue weighted by Crippen LogP contribution is 2.32. The minimum Gasteiger partial charge on any atom is -0.358 e. The molecule has 1 aliphatic carbocycles. The smallest absolute Gasteiger partial charge is 0.165 e. The third kappa shape index (κ3) is 3.78. The van der Waals surface area contributed by atoms with E-state index in [1.165, 1.54) is 12.8 Å². The van der Waals surface area contributed by atoms with E-state index in [0.717, 1.165) is 64.6 Å². The van der Waals surface area contributed by atoms with E-state index in [-0.39, 0.29) is 6.23 Å². The molecule has 2 fully saturated rings. The van der Waals surface area contributed by atoms with Gasteiger partial charge in [0.25, 0.3) is 0 Å². The van der Waals surface area contributed by atoms with Crippen molar-refractivity contribution in [3.63, 3.8) is 0 Å². The molecule has 3 aromatic heterocycles. The molecular weight excluding hydrogens is 422 g/mol. The molecule has 4 aromatic rings. The molecule has 0 spiro atoms. The molecule has 1 aliphatic heterocycles. The fourth-order valence-corrected chi connectivity index (χ4v) is 5.69. The zero-order valence-corrected chi connectivity index (χ0v) is 18.6. The van der Waals surface area contributed by atoms with Crippen LogP contribution < -0.4 is 0 Å². The van der Waals surface area contributed by atoms with Crippen LogP contribution in [0.15, 0.2) is 60.0 Å². The van der Waals surface area contributed by atoms with Crippen molar-refractivity contribution in [1.29, 1.82) is 0 Å². The first kappa shape index (κ1) is 19.8. The van der Waals surface area contributed by atoms with Crippen LogP contribution in [-0.2, 0) is 15.5 Å². The molecule has 2 aliphatic rings. The molecule has 8 heteroatoms. The Hall–Kier alpha value is -2.84. The van der Waals surface area contributed by atoms with Crippen molar-refractivity contribution >= 4 is 21.8 Å². The first-order valence-corrected chi connectivity index (χ1v) is 12.6. The van der Waals surface area contributed by atoms with E-state index in [4.69, 9.17) is 4.74 Å². The van der Waals surface area contributed by atoms with Gasteiger partial charge in [-0.1, -0.05) is 0 Å². The van der Waals surface area contributed by atoms with Gasteiger partial charge >= 0.3 is 0 Å². The first-order chi connectivity index (χ1) is 15.8. The number of ether oxygens (including phenoxy) is 1. The second kappa shape index (κ2) is 8.26. The number of hydrogen-bond acceptors (Lipinski definition) is 5. The molecule has 7 nitrogen and oxygen atoms in total. The largest absolute Gasteiger partial charge is 0.358 e. The molecule has 2 atom stereocenters. The van der Waals surface area contributed by atoms with E-state index in [2.05, 4.69) is 44.0 Å². The van der Waals surface area contributed by atoms with Crippen LogP contribution >= 0.6 is 0 Å². The molecular formula is C24H25N5O2S. The van der Waals surface area contributed by atoms with Gasteiger partial charge in [-0.25, -0.2) is 4.98 Å². The van der Waals surface area contributed by atoms with Gasteiger partial charge in [0.15, 0.2) is 5.82 Å². The molecule has 1 saturated carbocycles. The number of nitrogens with zero attached hydrogens (tertiary/aromatic N) is 5. The van der Waals surface area contributed by atoms with Gasteiger partial charge in [-0.2, -0.15) is 0 Å². The summed E-state index contributed by atoms with van der Waals surface area (Å²) in [7, 11) is -0.964. The van der Waals surface area contributed by atoms with Crippen LogP contribution in [0.4, 0.5) is 0 Å². The summed E-state index contributed by atoms with van der Waals surface area (Å²) in [5.41, 5.74) is 2.88. The van der Waals surface area contributed by atoms with Crippen molar-refractivity contribution in [3.8, 4) is 17.1 Å². The van der Waals surface area contributed by atoms with Crippen LogP contribution in [0.1, 0.15) is 38.3 Å². The van der Waals surface area contributed by atoms with Crippen molar-refractivity contribution in [2.24, 2.45) is 5.92 Å². The van der Waals surface area contributed by atoms with E-state index in [1.807, 2.05) is 22.9 Å². The normalized spacial score (nSPS) is 19.9. The second-order valence-corrected chi connectivity index (χ2v) is 10.2. The fourth-order valence-electron chi connectivity index (χ4n) is 4.31. The molecule has 0 bridgehead atoms. The molecule has 6 rings (SSSR count). The van der Waals surface area contributed by atoms with Gasteiger partial charge in [0.05, 0.1) is 15.7 Å². The Morgan fingerprint density at radius 2 is 1.97 bits per heavy atom. The first-order valence-electron chi connectivity index (χ1n) is 11.2. The molecule has 164 valence electrons. The van der Waals surface area contributed by atoms with Crippen molar-refractivity contribution in [3.05, 3.63) is 55.1 Å². The van der Waals surface area contributed by atoms with Crippen LogP contribution in [0.25, 0.3) is 28.1 Å². The summed E-state index contributed by atoms with van der Waals surface area (Å²) in [6, 6.07) is 12.3. The zero-order valence-electron chi connectivity index (χ0n) is 17.8. The molecule has 0 amide bonds. The van der Waals surface area contributed by atoms with Gasteiger partial charge in [0.2, 0.25) is 0 Å². The number of pyridine rings is 1. The summed E-state index contributed by atoms with van der Waals surface area (Å²) in [6.07, 6.45) is 11.2. The quantitative estimate of drug-likeness (QED) is 0.435. The van der Waals surface area contributed by atoms with Gasteiger partial charge in [-0.05, 0) is 74.4 Å².